The molecule has 0 amide bonds. The highest BCUT2D eigenvalue weighted by Gasteiger charge is 2.33. The van der Waals surface area contributed by atoms with Gasteiger partial charge in [0.15, 0.2) is 0 Å². The lowest BCUT2D eigenvalue weighted by Crippen LogP contribution is -2.28. The summed E-state index contributed by atoms with van der Waals surface area (Å²) in [5.74, 6) is -1.67. The average molecular weight is 413 g/mol. The molecule has 3 heterocycles. The van der Waals surface area contributed by atoms with E-state index in [1.165, 1.54) is 22.9 Å². The number of aromatic nitrogens is 4. The molecule has 0 spiro atoms. The maximum atomic E-state index is 12.2. The summed E-state index contributed by atoms with van der Waals surface area (Å²) >= 11 is 0. The van der Waals surface area contributed by atoms with E-state index in [1.807, 2.05) is 0 Å². The van der Waals surface area contributed by atoms with Gasteiger partial charge in [0.2, 0.25) is 5.89 Å². The number of alkyl halides is 3. The Hall–Kier alpha value is -3.84. The van der Waals surface area contributed by atoms with Gasteiger partial charge in [-0.2, -0.15) is 4.68 Å². The molecule has 29 heavy (non-hydrogen) atoms. The lowest BCUT2D eigenvalue weighted by Gasteiger charge is -2.08. The van der Waals surface area contributed by atoms with E-state index in [4.69, 9.17) is 9.15 Å². The van der Waals surface area contributed by atoms with Gasteiger partial charge in [-0.1, -0.05) is 0 Å². The number of nitro groups is 1. The topological polar surface area (TPSA) is 127 Å². The summed E-state index contributed by atoms with van der Waals surface area (Å²) < 4.78 is 53.3. The van der Waals surface area contributed by atoms with E-state index in [-0.39, 0.29) is 36.4 Å². The van der Waals surface area contributed by atoms with Crippen LogP contribution >= 0.6 is 0 Å². The highest BCUT2D eigenvalue weighted by Crippen LogP contribution is 2.27. The maximum Gasteiger partial charge on any atom is 0.573 e. The minimum atomic E-state index is -4.81. The van der Waals surface area contributed by atoms with Gasteiger partial charge in [0.05, 0.1) is 13.1 Å². The normalized spacial score (nSPS) is 15.8. The summed E-state index contributed by atoms with van der Waals surface area (Å²) in [6, 6.07) is 4.70. The van der Waals surface area contributed by atoms with Gasteiger partial charge >= 0.3 is 23.9 Å². The summed E-state index contributed by atoms with van der Waals surface area (Å²) in [6.45, 7) is 0.197. The van der Waals surface area contributed by atoms with Crippen molar-refractivity contribution in [2.75, 3.05) is 0 Å². The van der Waals surface area contributed by atoms with Gasteiger partial charge in [-0.05, 0) is 29.2 Å². The Morgan fingerprint density at radius 2 is 2.03 bits per heavy atom. The third kappa shape index (κ3) is 3.90. The molecular weight excluding hydrogens is 403 g/mol. The molecule has 1 atom stereocenters. The van der Waals surface area contributed by atoms with Gasteiger partial charge < -0.3 is 24.0 Å². The van der Waals surface area contributed by atoms with E-state index in [0.29, 0.717) is 0 Å². The molecule has 3 aromatic rings. The van der Waals surface area contributed by atoms with Crippen molar-refractivity contribution in [2.24, 2.45) is 0 Å². The Bertz CT molecular complexity index is 1090. The standard InChI is InChI=1S/C15H10F3N5O6/c16-15(17,18)29-9-3-1-8(2-4-9)12-20-22(14(24)28-12)6-10-5-21-7-11(23(25)26)19-13(21)27-10/h1-4,7,10H,5-6H2. The van der Waals surface area contributed by atoms with Crippen LogP contribution in [0.1, 0.15) is 0 Å². The van der Waals surface area contributed by atoms with Gasteiger partial charge in [-0.25, -0.2) is 4.79 Å². The second-order valence-corrected chi connectivity index (χ2v) is 5.96. The number of rotatable bonds is 5. The monoisotopic (exact) mass is 413 g/mol. The summed E-state index contributed by atoms with van der Waals surface area (Å²) in [4.78, 5) is 25.8. The minimum Gasteiger partial charge on any atom is -0.439 e. The number of nitrogens with zero attached hydrogens (tertiary/aromatic N) is 5. The van der Waals surface area contributed by atoms with Crippen LogP contribution in [0.5, 0.6) is 11.8 Å². The van der Waals surface area contributed by atoms with E-state index < -0.39 is 28.9 Å². The minimum absolute atomic E-state index is 0.0191. The van der Waals surface area contributed by atoms with Crippen molar-refractivity contribution in [3.05, 3.63) is 51.1 Å². The third-order valence-electron chi connectivity index (χ3n) is 3.90. The molecule has 152 valence electrons. The van der Waals surface area contributed by atoms with Crippen molar-refractivity contribution >= 4 is 5.82 Å². The molecule has 1 aromatic carbocycles. The van der Waals surface area contributed by atoms with Crippen molar-refractivity contribution < 1.29 is 32.0 Å². The molecule has 1 unspecified atom stereocenters. The zero-order chi connectivity index (χ0) is 20.8. The second-order valence-electron chi connectivity index (χ2n) is 5.96. The Kier molecular flexibility index (Phi) is 4.24. The smallest absolute Gasteiger partial charge is 0.439 e. The molecule has 11 nitrogen and oxygen atoms in total. The van der Waals surface area contributed by atoms with E-state index in [2.05, 4.69) is 14.8 Å². The van der Waals surface area contributed by atoms with E-state index in [1.54, 1.807) is 0 Å². The Morgan fingerprint density at radius 3 is 2.66 bits per heavy atom. The molecule has 0 radical (unpaired) electrons. The van der Waals surface area contributed by atoms with E-state index >= 15 is 0 Å². The van der Waals surface area contributed by atoms with Crippen molar-refractivity contribution in [3.63, 3.8) is 0 Å². The fraction of sp³-hybridized carbons (Fsp3) is 0.267. The molecule has 1 aliphatic heterocycles. The number of fused-ring (bicyclic) bond motifs is 1. The van der Waals surface area contributed by atoms with Crippen LogP contribution in [0.4, 0.5) is 19.0 Å². The molecule has 0 saturated heterocycles. The maximum absolute atomic E-state index is 12.2. The molecule has 0 fully saturated rings. The molecule has 4 rings (SSSR count). The van der Waals surface area contributed by atoms with Crippen molar-refractivity contribution in [1.82, 2.24) is 19.3 Å². The first-order valence-electron chi connectivity index (χ1n) is 8.00. The first kappa shape index (κ1) is 18.5. The molecule has 1 aliphatic rings. The fourth-order valence-corrected chi connectivity index (χ4v) is 2.73. The van der Waals surface area contributed by atoms with Gasteiger partial charge in [-0.15, -0.1) is 18.3 Å². The summed E-state index contributed by atoms with van der Waals surface area (Å²) in [5.41, 5.74) is 0.270. The van der Waals surface area contributed by atoms with Crippen molar-refractivity contribution in [2.45, 2.75) is 25.6 Å². The predicted octanol–water partition coefficient (Wildman–Crippen LogP) is 1.97. The average Bonchev–Trinajstić information content (AvgIpc) is 3.28. The van der Waals surface area contributed by atoms with Crippen LogP contribution in [0, 0.1) is 10.1 Å². The first-order chi connectivity index (χ1) is 13.7. The highest BCUT2D eigenvalue weighted by atomic mass is 19.4. The van der Waals surface area contributed by atoms with Crippen LogP contribution < -0.4 is 15.2 Å². The zero-order valence-electron chi connectivity index (χ0n) is 14.2. The number of hydrogen-bond acceptors (Lipinski definition) is 8. The lowest BCUT2D eigenvalue weighted by molar-refractivity contribution is -0.389. The number of ether oxygens (including phenoxy) is 2. The van der Waals surface area contributed by atoms with Gasteiger partial charge in [0, 0.05) is 10.5 Å². The summed E-state index contributed by atoms with van der Waals surface area (Å²) in [5, 5.41) is 14.7. The predicted molar refractivity (Wildman–Crippen MR) is 86.2 cm³/mol. The third-order valence-corrected chi connectivity index (χ3v) is 3.90. The lowest BCUT2D eigenvalue weighted by atomic mass is 10.2. The largest absolute Gasteiger partial charge is 0.573 e. The Balaban J connectivity index is 1.45. The van der Waals surface area contributed by atoms with Crippen LogP contribution in [0.2, 0.25) is 0 Å². The van der Waals surface area contributed by atoms with E-state index in [0.717, 1.165) is 16.8 Å². The zero-order valence-corrected chi connectivity index (χ0v) is 14.2. The number of halogens is 3. The summed E-state index contributed by atoms with van der Waals surface area (Å²) in [6.07, 6.45) is -4.15. The molecule has 0 N–H and O–H groups in total. The quantitative estimate of drug-likeness (QED) is 0.459. The Morgan fingerprint density at radius 1 is 1.31 bits per heavy atom. The van der Waals surface area contributed by atoms with Crippen molar-refractivity contribution in [3.8, 4) is 23.2 Å². The second kappa shape index (κ2) is 6.65. The van der Waals surface area contributed by atoms with Gasteiger partial charge in [-0.3, -0.25) is 4.57 Å². The Labute approximate surface area is 158 Å². The van der Waals surface area contributed by atoms with Crippen LogP contribution in [0.25, 0.3) is 11.5 Å². The van der Waals surface area contributed by atoms with Crippen LogP contribution in [0.3, 0.4) is 0 Å². The van der Waals surface area contributed by atoms with Gasteiger partial charge in [0.25, 0.3) is 0 Å². The first-order valence-corrected chi connectivity index (χ1v) is 8.00. The molecule has 2 aromatic heterocycles. The highest BCUT2D eigenvalue weighted by molar-refractivity contribution is 5.53. The van der Waals surface area contributed by atoms with Crippen molar-refractivity contribution in [1.29, 1.82) is 0 Å². The van der Waals surface area contributed by atoms with Crippen LogP contribution in [0.15, 0.2) is 39.7 Å². The SMILES string of the molecule is O=c1oc(-c2ccc(OC(F)(F)F)cc2)nn1CC1Cn2cc([N+](=O)[O-])nc2O1. The molecule has 0 bridgehead atoms. The van der Waals surface area contributed by atoms with E-state index in [9.17, 15) is 28.1 Å². The van der Waals surface area contributed by atoms with Gasteiger partial charge in [0.1, 0.15) is 18.1 Å². The van der Waals surface area contributed by atoms with Crippen LogP contribution in [-0.2, 0) is 13.1 Å². The fourth-order valence-electron chi connectivity index (χ4n) is 2.73. The number of imidazole rings is 1. The number of hydrogen-bond donors (Lipinski definition) is 0. The van der Waals surface area contributed by atoms with Crippen LogP contribution in [-0.4, -0.2) is 36.7 Å². The molecular formula is C15H10F3N5O6. The summed E-state index contributed by atoms with van der Waals surface area (Å²) in [7, 11) is 0. The molecule has 0 saturated carbocycles. The number of benzene rings is 1. The molecule has 14 heteroatoms. The molecule has 0 aliphatic carbocycles.